The minimum Gasteiger partial charge on any atom is -0.464 e. The molecule has 0 saturated carbocycles. The van der Waals surface area contributed by atoms with Crippen LogP contribution >= 0.6 is 0 Å². The number of aromatic amines is 1. The van der Waals surface area contributed by atoms with E-state index in [4.69, 9.17) is 9.47 Å². The van der Waals surface area contributed by atoms with Gasteiger partial charge in [0.25, 0.3) is 5.91 Å². The summed E-state index contributed by atoms with van der Waals surface area (Å²) in [5.41, 5.74) is 3.78. The fraction of sp³-hybridized carbons (Fsp3) is 0.296. The molecule has 0 saturated heterocycles. The Bertz CT molecular complexity index is 1450. The van der Waals surface area contributed by atoms with Crippen LogP contribution in [0.25, 0.3) is 22.5 Å². The number of nitrogens with one attached hydrogen (secondary N) is 2. The van der Waals surface area contributed by atoms with Crippen LogP contribution in [-0.2, 0) is 32.0 Å². The van der Waals surface area contributed by atoms with E-state index in [2.05, 4.69) is 37.8 Å². The second kappa shape index (κ2) is 12.6. The molecule has 2 aromatic heterocycles. The predicted octanol–water partition coefficient (Wildman–Crippen LogP) is 3.41. The van der Waals surface area contributed by atoms with Crippen molar-refractivity contribution < 1.29 is 23.9 Å². The molecule has 1 amide bonds. The number of aromatic nitrogens is 6. The number of H-pyrrole nitrogens is 1. The van der Waals surface area contributed by atoms with Crippen molar-refractivity contribution >= 4 is 23.7 Å². The Kier molecular flexibility index (Phi) is 8.77. The highest BCUT2D eigenvalue weighted by molar-refractivity contribution is 6.00. The van der Waals surface area contributed by atoms with Gasteiger partial charge in [0.2, 0.25) is 5.82 Å². The zero-order valence-electron chi connectivity index (χ0n) is 21.9. The summed E-state index contributed by atoms with van der Waals surface area (Å²) in [5, 5.41) is 16.9. The molecule has 0 atom stereocenters. The lowest BCUT2D eigenvalue weighted by molar-refractivity contribution is -0.144. The highest BCUT2D eigenvalue weighted by Gasteiger charge is 2.25. The predicted molar refractivity (Wildman–Crippen MR) is 142 cm³/mol. The van der Waals surface area contributed by atoms with Crippen molar-refractivity contribution in [2.75, 3.05) is 19.0 Å². The van der Waals surface area contributed by atoms with E-state index in [9.17, 15) is 14.4 Å². The van der Waals surface area contributed by atoms with Crippen molar-refractivity contribution in [3.05, 3.63) is 65.6 Å². The number of carbonyl (C=O) groups excluding carboxylic acids is 3. The third-order valence-electron chi connectivity index (χ3n) is 5.96. The maximum absolute atomic E-state index is 12.8. The highest BCUT2D eigenvalue weighted by Crippen LogP contribution is 2.30. The van der Waals surface area contributed by atoms with Gasteiger partial charge in [0.1, 0.15) is 5.82 Å². The van der Waals surface area contributed by atoms with Crippen molar-refractivity contribution in [3.8, 4) is 22.5 Å². The smallest absolute Gasteiger partial charge is 0.358 e. The van der Waals surface area contributed by atoms with Crippen LogP contribution in [0.5, 0.6) is 0 Å². The van der Waals surface area contributed by atoms with Gasteiger partial charge in [-0.1, -0.05) is 61.9 Å². The number of benzene rings is 2. The fourth-order valence-electron chi connectivity index (χ4n) is 4.10. The number of tetrazole rings is 1. The molecule has 0 aliphatic heterocycles. The molecule has 12 heteroatoms. The lowest BCUT2D eigenvalue weighted by atomic mass is 9.98. The van der Waals surface area contributed by atoms with Gasteiger partial charge < -0.3 is 19.4 Å². The van der Waals surface area contributed by atoms with E-state index in [0.29, 0.717) is 24.6 Å². The third-order valence-corrected chi connectivity index (χ3v) is 5.96. The van der Waals surface area contributed by atoms with Crippen molar-refractivity contribution in [1.29, 1.82) is 0 Å². The summed E-state index contributed by atoms with van der Waals surface area (Å²) in [6, 6.07) is 15.7. The normalized spacial score (nSPS) is 10.7. The van der Waals surface area contributed by atoms with Crippen LogP contribution in [0.15, 0.2) is 48.5 Å². The van der Waals surface area contributed by atoms with Crippen molar-refractivity contribution in [2.45, 2.75) is 39.7 Å². The van der Waals surface area contributed by atoms with E-state index in [1.54, 1.807) is 4.57 Å². The number of hydrogen-bond acceptors (Lipinski definition) is 9. The highest BCUT2D eigenvalue weighted by atomic mass is 16.5. The zero-order valence-corrected chi connectivity index (χ0v) is 21.9. The number of anilines is 1. The second-order valence-corrected chi connectivity index (χ2v) is 8.71. The molecule has 0 aliphatic rings. The Hall–Kier alpha value is -4.87. The van der Waals surface area contributed by atoms with E-state index >= 15 is 0 Å². The fourth-order valence-corrected chi connectivity index (χ4v) is 4.10. The maximum atomic E-state index is 12.8. The molecule has 2 aromatic carbocycles. The van der Waals surface area contributed by atoms with Crippen LogP contribution in [0.3, 0.4) is 0 Å². The number of nitrogens with zero attached hydrogens (tertiary/aromatic N) is 5. The third kappa shape index (κ3) is 6.53. The largest absolute Gasteiger partial charge is 0.464 e. The van der Waals surface area contributed by atoms with Crippen molar-refractivity contribution in [2.24, 2.45) is 0 Å². The number of amides is 1. The Labute approximate surface area is 224 Å². The molecule has 202 valence electrons. The average molecular weight is 532 g/mol. The number of carbonyl (C=O) groups is 3. The molecule has 0 aliphatic carbocycles. The molecule has 0 fully saturated rings. The molecule has 0 radical (unpaired) electrons. The number of hydrogen-bond donors (Lipinski definition) is 2. The summed E-state index contributed by atoms with van der Waals surface area (Å²) in [4.78, 5) is 40.8. The monoisotopic (exact) mass is 531 g/mol. The summed E-state index contributed by atoms with van der Waals surface area (Å²) >= 11 is 0. The van der Waals surface area contributed by atoms with Gasteiger partial charge >= 0.3 is 11.9 Å². The van der Waals surface area contributed by atoms with E-state index in [1.807, 2.05) is 48.5 Å². The first kappa shape index (κ1) is 27.2. The first-order valence-corrected chi connectivity index (χ1v) is 12.4. The standard InChI is InChI=1S/C27H29N7O5/c1-4-5-10-22-28-26(29-23(36)16-39-17(2)35)24(27(37)38-3)34(22)15-18-11-13-19(14-12-18)20-8-6-7-9-21(20)25-30-32-33-31-25/h6-9,11-14H,4-5,10,15-16H2,1-3H3,(H,29,36)(H,30,31,32,33). The molecule has 12 nitrogen and oxygen atoms in total. The number of methoxy groups -OCH3 is 1. The van der Waals surface area contributed by atoms with Gasteiger partial charge in [-0.2, -0.15) is 5.21 Å². The second-order valence-electron chi connectivity index (χ2n) is 8.71. The molecule has 0 unspecified atom stereocenters. The molecule has 2 heterocycles. The summed E-state index contributed by atoms with van der Waals surface area (Å²) in [7, 11) is 1.27. The van der Waals surface area contributed by atoms with Crippen LogP contribution in [0, 0.1) is 0 Å². The Morgan fingerprint density at radius 1 is 1.05 bits per heavy atom. The van der Waals surface area contributed by atoms with Gasteiger partial charge in [-0.3, -0.25) is 9.59 Å². The first-order chi connectivity index (χ1) is 18.9. The van der Waals surface area contributed by atoms with Gasteiger partial charge in [0.15, 0.2) is 18.1 Å². The summed E-state index contributed by atoms with van der Waals surface area (Å²) in [6.07, 6.45) is 2.35. The average Bonchev–Trinajstić information content (AvgIpc) is 3.59. The maximum Gasteiger partial charge on any atom is 0.358 e. The van der Waals surface area contributed by atoms with Crippen LogP contribution < -0.4 is 5.32 Å². The lowest BCUT2D eigenvalue weighted by Gasteiger charge is -2.13. The Balaban J connectivity index is 1.65. The SMILES string of the molecule is CCCCc1nc(NC(=O)COC(C)=O)c(C(=O)OC)n1Cc1ccc(-c2ccccc2-c2nn[nH]n2)cc1. The minimum atomic E-state index is -0.640. The molecular weight excluding hydrogens is 502 g/mol. The van der Waals surface area contributed by atoms with Gasteiger partial charge in [-0.05, 0) is 28.3 Å². The van der Waals surface area contributed by atoms with Gasteiger partial charge in [-0.25, -0.2) is 9.78 Å². The van der Waals surface area contributed by atoms with E-state index in [0.717, 1.165) is 35.1 Å². The molecular formula is C27H29N7O5. The zero-order chi connectivity index (χ0) is 27.8. The van der Waals surface area contributed by atoms with E-state index in [1.165, 1.54) is 14.0 Å². The van der Waals surface area contributed by atoms with Crippen LogP contribution in [0.2, 0.25) is 0 Å². The van der Waals surface area contributed by atoms with E-state index < -0.39 is 24.5 Å². The Morgan fingerprint density at radius 2 is 1.79 bits per heavy atom. The Morgan fingerprint density at radius 3 is 2.44 bits per heavy atom. The van der Waals surface area contributed by atoms with Crippen LogP contribution in [-0.4, -0.2) is 61.7 Å². The topological polar surface area (TPSA) is 154 Å². The number of esters is 2. The van der Waals surface area contributed by atoms with Crippen molar-refractivity contribution in [3.63, 3.8) is 0 Å². The molecule has 4 rings (SSSR count). The van der Waals surface area contributed by atoms with Gasteiger partial charge in [0, 0.05) is 25.5 Å². The summed E-state index contributed by atoms with van der Waals surface area (Å²) < 4.78 is 11.5. The molecule has 4 aromatic rings. The lowest BCUT2D eigenvalue weighted by Crippen LogP contribution is -2.22. The first-order valence-electron chi connectivity index (χ1n) is 12.4. The summed E-state index contributed by atoms with van der Waals surface area (Å²) in [6.45, 7) is 3.10. The number of aryl methyl sites for hydroxylation is 1. The molecule has 0 bridgehead atoms. The molecule has 2 N–H and O–H groups in total. The summed E-state index contributed by atoms with van der Waals surface area (Å²) in [5.74, 6) is -0.636. The van der Waals surface area contributed by atoms with Crippen LogP contribution in [0.1, 0.15) is 48.6 Å². The minimum absolute atomic E-state index is 0.0655. The number of rotatable bonds is 11. The van der Waals surface area contributed by atoms with Crippen molar-refractivity contribution in [1.82, 2.24) is 30.2 Å². The van der Waals surface area contributed by atoms with Crippen LogP contribution in [0.4, 0.5) is 5.82 Å². The van der Waals surface area contributed by atoms with Gasteiger partial charge in [0.05, 0.1) is 7.11 Å². The molecule has 0 spiro atoms. The van der Waals surface area contributed by atoms with E-state index in [-0.39, 0.29) is 11.5 Å². The number of ether oxygens (including phenoxy) is 2. The molecule has 39 heavy (non-hydrogen) atoms. The van der Waals surface area contributed by atoms with Gasteiger partial charge in [-0.15, -0.1) is 10.2 Å². The number of imidazole rings is 1. The number of unbranched alkanes of at least 4 members (excludes halogenated alkanes) is 1. The quantitative estimate of drug-likeness (QED) is 0.277.